The second kappa shape index (κ2) is 4.21. The molecule has 5 amide bonds. The third-order valence-electron chi connectivity index (χ3n) is 1.35. The van der Waals surface area contributed by atoms with Crippen molar-refractivity contribution in [1.29, 1.82) is 0 Å². The van der Waals surface area contributed by atoms with Crippen LogP contribution in [-0.4, -0.2) is 42.4 Å². The van der Waals surface area contributed by atoms with Crippen molar-refractivity contribution in [3.05, 3.63) is 0 Å². The molecule has 1 aliphatic heterocycles. The van der Waals surface area contributed by atoms with Crippen LogP contribution in [0.5, 0.6) is 0 Å². The number of amides is 5. The highest BCUT2D eigenvalue weighted by Crippen LogP contribution is 1.92. The number of carbonyl (C=O) groups is 3. The number of rotatable bonds is 3. The summed E-state index contributed by atoms with van der Waals surface area (Å²) >= 11 is 0. The van der Waals surface area contributed by atoms with Crippen LogP contribution in [0.25, 0.3) is 0 Å². The molecule has 8 heteroatoms. The maximum absolute atomic E-state index is 10.9. The van der Waals surface area contributed by atoms with E-state index >= 15 is 0 Å². The molecular weight excluding hydrogens is 192 g/mol. The van der Waals surface area contributed by atoms with Gasteiger partial charge in [-0.25, -0.2) is 20.0 Å². The summed E-state index contributed by atoms with van der Waals surface area (Å²) in [6, 6.07) is -1.46. The molecule has 0 atom stereocenters. The first-order valence-corrected chi connectivity index (χ1v) is 3.64. The largest absolute Gasteiger partial charge is 0.343 e. The van der Waals surface area contributed by atoms with Gasteiger partial charge in [0.05, 0.1) is 6.54 Å². The minimum Gasteiger partial charge on any atom is -0.329 e. The van der Waals surface area contributed by atoms with E-state index in [1.54, 1.807) is 0 Å². The molecule has 3 N–H and O–H groups in total. The van der Waals surface area contributed by atoms with Gasteiger partial charge in [0.15, 0.2) is 0 Å². The predicted octanol–water partition coefficient (Wildman–Crippen LogP) is -2.14. The molecule has 1 aliphatic rings. The topological polar surface area (TPSA) is 108 Å². The SMILES string of the molecule is O=[C]CNC(=O)NN1CC(=O)NC1=O. The van der Waals surface area contributed by atoms with E-state index in [1.807, 2.05) is 5.32 Å². The number of hydrazine groups is 1. The summed E-state index contributed by atoms with van der Waals surface area (Å²) in [5.41, 5.74) is 2.07. The molecule has 0 aromatic heterocycles. The van der Waals surface area contributed by atoms with E-state index < -0.39 is 18.0 Å². The second-order valence-corrected chi connectivity index (χ2v) is 2.38. The van der Waals surface area contributed by atoms with Crippen molar-refractivity contribution < 1.29 is 19.2 Å². The summed E-state index contributed by atoms with van der Waals surface area (Å²) in [4.78, 5) is 42.1. The zero-order valence-electron chi connectivity index (χ0n) is 6.99. The van der Waals surface area contributed by atoms with Crippen molar-refractivity contribution in [3.63, 3.8) is 0 Å². The van der Waals surface area contributed by atoms with Crippen LogP contribution in [0.3, 0.4) is 0 Å². The molecular formula is C6H7N4O4. The Labute approximate surface area is 78.6 Å². The van der Waals surface area contributed by atoms with Crippen molar-refractivity contribution in [3.8, 4) is 0 Å². The van der Waals surface area contributed by atoms with Crippen LogP contribution in [0.4, 0.5) is 9.59 Å². The standard InChI is InChI=1S/C6H7N4O4/c11-2-1-7-5(13)9-10-3-4(12)8-6(10)14/h1,3H2,(H2,7,9,13)(H,8,12,14). The molecule has 8 nitrogen and oxygen atoms in total. The van der Waals surface area contributed by atoms with Gasteiger partial charge in [0.25, 0.3) is 0 Å². The van der Waals surface area contributed by atoms with Gasteiger partial charge in [0.1, 0.15) is 6.54 Å². The number of hydrogen-bond donors (Lipinski definition) is 3. The molecule has 0 bridgehead atoms. The smallest absolute Gasteiger partial charge is 0.329 e. The van der Waals surface area contributed by atoms with Gasteiger partial charge in [-0.15, -0.1) is 0 Å². The van der Waals surface area contributed by atoms with Crippen LogP contribution in [0.2, 0.25) is 0 Å². The van der Waals surface area contributed by atoms with E-state index in [2.05, 4.69) is 10.7 Å². The summed E-state index contributed by atoms with van der Waals surface area (Å²) in [6.45, 7) is -0.522. The highest BCUT2D eigenvalue weighted by molar-refractivity contribution is 6.02. The quantitative estimate of drug-likeness (QED) is 0.451. The molecule has 0 aliphatic carbocycles. The first kappa shape index (κ1) is 9.96. The molecule has 0 saturated carbocycles. The fourth-order valence-corrected chi connectivity index (χ4v) is 0.810. The van der Waals surface area contributed by atoms with Gasteiger partial charge < -0.3 is 5.32 Å². The number of hydrogen-bond acceptors (Lipinski definition) is 4. The molecule has 14 heavy (non-hydrogen) atoms. The number of nitrogens with one attached hydrogen (secondary N) is 3. The van der Waals surface area contributed by atoms with Gasteiger partial charge in [0.2, 0.25) is 12.2 Å². The highest BCUT2D eigenvalue weighted by atomic mass is 16.2. The first-order valence-electron chi connectivity index (χ1n) is 3.64. The van der Waals surface area contributed by atoms with Gasteiger partial charge in [-0.2, -0.15) is 0 Å². The lowest BCUT2D eigenvalue weighted by Gasteiger charge is -2.13. The van der Waals surface area contributed by atoms with Crippen molar-refractivity contribution in [1.82, 2.24) is 21.1 Å². The Morgan fingerprint density at radius 1 is 1.57 bits per heavy atom. The average Bonchev–Trinajstić information content (AvgIpc) is 2.42. The number of imide groups is 1. The van der Waals surface area contributed by atoms with Crippen LogP contribution in [-0.2, 0) is 9.59 Å². The van der Waals surface area contributed by atoms with Crippen LogP contribution in [0, 0.1) is 0 Å². The van der Waals surface area contributed by atoms with Gasteiger partial charge in [-0.3, -0.25) is 14.9 Å². The molecule has 1 rings (SSSR count). The maximum atomic E-state index is 10.9. The van der Waals surface area contributed by atoms with Crippen LogP contribution in [0.1, 0.15) is 0 Å². The lowest BCUT2D eigenvalue weighted by atomic mass is 10.6. The summed E-state index contributed by atoms with van der Waals surface area (Å²) in [5.74, 6) is -0.503. The Morgan fingerprint density at radius 3 is 2.79 bits per heavy atom. The zero-order valence-corrected chi connectivity index (χ0v) is 6.99. The van der Waals surface area contributed by atoms with E-state index in [1.165, 1.54) is 6.29 Å². The minimum absolute atomic E-state index is 0.239. The Kier molecular flexibility index (Phi) is 3.00. The molecule has 0 aromatic carbocycles. The van der Waals surface area contributed by atoms with E-state index in [-0.39, 0.29) is 13.1 Å². The number of carbonyl (C=O) groups excluding carboxylic acids is 4. The van der Waals surface area contributed by atoms with Crippen molar-refractivity contribution in [2.75, 3.05) is 13.1 Å². The lowest BCUT2D eigenvalue weighted by molar-refractivity contribution is -0.118. The Morgan fingerprint density at radius 2 is 2.29 bits per heavy atom. The summed E-state index contributed by atoms with van der Waals surface area (Å²) < 4.78 is 0. The fraction of sp³-hybridized carbons (Fsp3) is 0.333. The zero-order chi connectivity index (χ0) is 10.6. The average molecular weight is 199 g/mol. The summed E-state index contributed by atoms with van der Waals surface area (Å²) in [5, 5.41) is 4.84. The fourth-order valence-electron chi connectivity index (χ4n) is 0.810. The predicted molar refractivity (Wildman–Crippen MR) is 42.5 cm³/mol. The molecule has 1 radical (unpaired) electrons. The second-order valence-electron chi connectivity index (χ2n) is 2.38. The Hall–Kier alpha value is -2.12. The molecule has 1 saturated heterocycles. The summed E-state index contributed by atoms with van der Waals surface area (Å²) in [6.07, 6.45) is 1.44. The van der Waals surface area contributed by atoms with Crippen molar-refractivity contribution in [2.24, 2.45) is 0 Å². The van der Waals surface area contributed by atoms with Crippen molar-refractivity contribution >= 4 is 24.3 Å². The van der Waals surface area contributed by atoms with Gasteiger partial charge in [0, 0.05) is 0 Å². The van der Waals surface area contributed by atoms with E-state index in [0.717, 1.165) is 5.01 Å². The van der Waals surface area contributed by atoms with Gasteiger partial charge >= 0.3 is 12.1 Å². The molecule has 1 heterocycles. The number of nitrogens with zero attached hydrogens (tertiary/aromatic N) is 1. The van der Waals surface area contributed by atoms with Crippen molar-refractivity contribution in [2.45, 2.75) is 0 Å². The number of urea groups is 2. The molecule has 0 spiro atoms. The summed E-state index contributed by atoms with van der Waals surface area (Å²) in [7, 11) is 0. The minimum atomic E-state index is -0.752. The maximum Gasteiger partial charge on any atom is 0.343 e. The van der Waals surface area contributed by atoms with E-state index in [4.69, 9.17) is 0 Å². The normalized spacial score (nSPS) is 15.0. The third-order valence-corrected chi connectivity index (χ3v) is 1.35. The van der Waals surface area contributed by atoms with E-state index in [9.17, 15) is 19.2 Å². The first-order chi connectivity index (χ1) is 6.63. The monoisotopic (exact) mass is 199 g/mol. The molecule has 0 aromatic rings. The van der Waals surface area contributed by atoms with Crippen LogP contribution < -0.4 is 16.1 Å². The lowest BCUT2D eigenvalue weighted by Crippen LogP contribution is -2.48. The molecule has 1 fully saturated rings. The van der Waals surface area contributed by atoms with E-state index in [0.29, 0.717) is 0 Å². The Bertz CT molecular complexity index is 290. The third kappa shape index (κ3) is 2.44. The van der Waals surface area contributed by atoms with Gasteiger partial charge in [-0.1, -0.05) is 0 Å². The Balaban J connectivity index is 2.37. The van der Waals surface area contributed by atoms with Crippen LogP contribution in [0.15, 0.2) is 0 Å². The van der Waals surface area contributed by atoms with Gasteiger partial charge in [-0.05, 0) is 0 Å². The van der Waals surface area contributed by atoms with Crippen LogP contribution >= 0.6 is 0 Å². The molecule has 75 valence electrons. The highest BCUT2D eigenvalue weighted by Gasteiger charge is 2.27. The molecule has 0 unspecified atom stereocenters.